The predicted octanol–water partition coefficient (Wildman–Crippen LogP) is 2.02. The Bertz CT molecular complexity index is 427. The van der Waals surface area contributed by atoms with Crippen molar-refractivity contribution in [3.8, 4) is 0 Å². The van der Waals surface area contributed by atoms with Crippen molar-refractivity contribution in [3.63, 3.8) is 0 Å². The second-order valence-corrected chi connectivity index (χ2v) is 5.10. The third-order valence-corrected chi connectivity index (χ3v) is 3.39. The van der Waals surface area contributed by atoms with Crippen molar-refractivity contribution >= 4 is 29.2 Å². The van der Waals surface area contributed by atoms with Crippen molar-refractivity contribution in [2.45, 2.75) is 6.04 Å². The van der Waals surface area contributed by atoms with Gasteiger partial charge in [-0.1, -0.05) is 23.2 Å². The van der Waals surface area contributed by atoms with E-state index in [-0.39, 0.29) is 0 Å². The molecule has 1 aromatic rings. The van der Waals surface area contributed by atoms with Crippen LogP contribution in [0, 0.1) is 0 Å². The number of rotatable bonds is 3. The summed E-state index contributed by atoms with van der Waals surface area (Å²) in [5, 5.41) is 13.5. The highest BCUT2D eigenvalue weighted by molar-refractivity contribution is 6.34. The first kappa shape index (κ1) is 13.6. The lowest BCUT2D eigenvalue weighted by Crippen LogP contribution is -2.47. The van der Waals surface area contributed by atoms with E-state index >= 15 is 0 Å². The van der Waals surface area contributed by atoms with Gasteiger partial charge in [0.15, 0.2) is 0 Å². The zero-order chi connectivity index (χ0) is 13.1. The number of carbonyl (C=O) groups is 1. The summed E-state index contributed by atoms with van der Waals surface area (Å²) in [4.78, 5) is 13.4. The molecule has 0 amide bonds. The summed E-state index contributed by atoms with van der Waals surface area (Å²) >= 11 is 11.9. The van der Waals surface area contributed by atoms with E-state index in [4.69, 9.17) is 23.2 Å². The first-order chi connectivity index (χ1) is 8.58. The fourth-order valence-electron chi connectivity index (χ4n) is 2.18. The first-order valence-electron chi connectivity index (χ1n) is 5.71. The van der Waals surface area contributed by atoms with Gasteiger partial charge in [-0.15, -0.1) is 0 Å². The van der Waals surface area contributed by atoms with Crippen LogP contribution in [0.2, 0.25) is 10.0 Å². The maximum absolute atomic E-state index is 11.5. The summed E-state index contributed by atoms with van der Waals surface area (Å²) < 4.78 is 0. The molecule has 4 nitrogen and oxygen atoms in total. The number of nitrogens with zero attached hydrogens (tertiary/aromatic N) is 1. The van der Waals surface area contributed by atoms with Crippen molar-refractivity contribution in [2.24, 2.45) is 0 Å². The number of hydrogen-bond acceptors (Lipinski definition) is 3. The molecule has 1 fully saturated rings. The van der Waals surface area contributed by atoms with E-state index in [1.807, 2.05) is 4.90 Å². The lowest BCUT2D eigenvalue weighted by molar-refractivity contribution is -0.143. The van der Waals surface area contributed by atoms with Gasteiger partial charge in [0.1, 0.15) is 6.04 Å². The summed E-state index contributed by atoms with van der Waals surface area (Å²) in [6.45, 7) is 2.97. The van der Waals surface area contributed by atoms with Gasteiger partial charge >= 0.3 is 5.97 Å². The van der Waals surface area contributed by atoms with E-state index in [2.05, 4.69) is 5.32 Å². The zero-order valence-electron chi connectivity index (χ0n) is 9.70. The number of halogens is 2. The molecule has 1 aromatic carbocycles. The number of piperazine rings is 1. The quantitative estimate of drug-likeness (QED) is 0.894. The average Bonchev–Trinajstić information content (AvgIpc) is 2.28. The monoisotopic (exact) mass is 288 g/mol. The smallest absolute Gasteiger partial charge is 0.325 e. The summed E-state index contributed by atoms with van der Waals surface area (Å²) in [5.41, 5.74) is 0.627. The third kappa shape index (κ3) is 3.14. The van der Waals surface area contributed by atoms with Crippen LogP contribution in [-0.4, -0.2) is 42.2 Å². The highest BCUT2D eigenvalue weighted by Gasteiger charge is 2.28. The van der Waals surface area contributed by atoms with E-state index < -0.39 is 12.0 Å². The van der Waals surface area contributed by atoms with Crippen LogP contribution in [0.3, 0.4) is 0 Å². The fourth-order valence-corrected chi connectivity index (χ4v) is 2.73. The molecular formula is C12H14Cl2N2O2. The fraction of sp³-hybridized carbons (Fsp3) is 0.417. The highest BCUT2D eigenvalue weighted by Crippen LogP contribution is 2.27. The van der Waals surface area contributed by atoms with E-state index in [0.29, 0.717) is 28.7 Å². The molecule has 1 saturated heterocycles. The van der Waals surface area contributed by atoms with Gasteiger partial charge in [0.2, 0.25) is 0 Å². The van der Waals surface area contributed by atoms with Crippen LogP contribution in [0.25, 0.3) is 0 Å². The molecule has 1 unspecified atom stereocenters. The summed E-state index contributed by atoms with van der Waals surface area (Å²) in [5.74, 6) is -0.879. The standard InChI is InChI=1S/C12H14Cl2N2O2/c13-9-5-8(6-10(14)7-9)11(12(17)18)16-3-1-15-2-4-16/h5-7,11,15H,1-4H2,(H,17,18). The van der Waals surface area contributed by atoms with Crippen LogP contribution in [0.5, 0.6) is 0 Å². The van der Waals surface area contributed by atoms with Gasteiger partial charge in [0.05, 0.1) is 0 Å². The minimum atomic E-state index is -0.879. The van der Waals surface area contributed by atoms with Crippen LogP contribution < -0.4 is 5.32 Å². The molecule has 0 spiro atoms. The van der Waals surface area contributed by atoms with Crippen LogP contribution in [0.15, 0.2) is 18.2 Å². The van der Waals surface area contributed by atoms with E-state index in [1.165, 1.54) is 0 Å². The number of hydrogen-bond donors (Lipinski definition) is 2. The van der Waals surface area contributed by atoms with Crippen molar-refractivity contribution in [1.29, 1.82) is 0 Å². The largest absolute Gasteiger partial charge is 0.480 e. The van der Waals surface area contributed by atoms with E-state index in [1.54, 1.807) is 18.2 Å². The maximum atomic E-state index is 11.5. The molecule has 98 valence electrons. The van der Waals surface area contributed by atoms with Crippen molar-refractivity contribution in [1.82, 2.24) is 10.2 Å². The molecule has 1 aliphatic heterocycles. The van der Waals surface area contributed by atoms with Crippen LogP contribution in [0.1, 0.15) is 11.6 Å². The van der Waals surface area contributed by atoms with Gasteiger partial charge in [-0.3, -0.25) is 9.69 Å². The van der Waals surface area contributed by atoms with Crippen LogP contribution >= 0.6 is 23.2 Å². The van der Waals surface area contributed by atoms with Gasteiger partial charge in [-0.05, 0) is 23.8 Å². The topological polar surface area (TPSA) is 52.6 Å². The molecule has 0 saturated carbocycles. The molecule has 6 heteroatoms. The number of aliphatic carboxylic acids is 1. The molecule has 18 heavy (non-hydrogen) atoms. The minimum Gasteiger partial charge on any atom is -0.480 e. The third-order valence-electron chi connectivity index (χ3n) is 2.95. The maximum Gasteiger partial charge on any atom is 0.325 e. The molecule has 1 aliphatic rings. The number of carboxylic acid groups (broad SMARTS) is 1. The zero-order valence-corrected chi connectivity index (χ0v) is 11.2. The Morgan fingerprint density at radius 3 is 2.28 bits per heavy atom. The predicted molar refractivity (Wildman–Crippen MR) is 71.3 cm³/mol. The van der Waals surface area contributed by atoms with Crippen LogP contribution in [-0.2, 0) is 4.79 Å². The lowest BCUT2D eigenvalue weighted by Gasteiger charge is -2.32. The summed E-state index contributed by atoms with van der Waals surface area (Å²) in [6, 6.07) is 4.23. The lowest BCUT2D eigenvalue weighted by atomic mass is 10.0. The minimum absolute atomic E-state index is 0.457. The van der Waals surface area contributed by atoms with Crippen LogP contribution in [0.4, 0.5) is 0 Å². The van der Waals surface area contributed by atoms with Gasteiger partial charge < -0.3 is 10.4 Å². The Morgan fingerprint density at radius 2 is 1.78 bits per heavy atom. The molecular weight excluding hydrogens is 275 g/mol. The summed E-state index contributed by atoms with van der Waals surface area (Å²) in [6.07, 6.45) is 0. The van der Waals surface area contributed by atoms with Crippen molar-refractivity contribution in [3.05, 3.63) is 33.8 Å². The van der Waals surface area contributed by atoms with Gasteiger partial charge in [-0.25, -0.2) is 0 Å². The van der Waals surface area contributed by atoms with Gasteiger partial charge in [0.25, 0.3) is 0 Å². The molecule has 0 bridgehead atoms. The first-order valence-corrected chi connectivity index (χ1v) is 6.47. The molecule has 2 rings (SSSR count). The van der Waals surface area contributed by atoms with E-state index in [9.17, 15) is 9.90 Å². The Kier molecular flexibility index (Phi) is 4.45. The molecule has 0 radical (unpaired) electrons. The number of benzene rings is 1. The second-order valence-electron chi connectivity index (χ2n) is 4.23. The highest BCUT2D eigenvalue weighted by atomic mass is 35.5. The Balaban J connectivity index is 2.31. The normalized spacial score (nSPS) is 18.6. The number of carboxylic acids is 1. The molecule has 1 atom stereocenters. The Hall–Kier alpha value is -0.810. The van der Waals surface area contributed by atoms with Gasteiger partial charge in [0, 0.05) is 36.2 Å². The summed E-state index contributed by atoms with van der Waals surface area (Å²) in [7, 11) is 0. The van der Waals surface area contributed by atoms with Gasteiger partial charge in [-0.2, -0.15) is 0 Å². The molecule has 1 heterocycles. The average molecular weight is 289 g/mol. The molecule has 2 N–H and O–H groups in total. The SMILES string of the molecule is O=C(O)C(c1cc(Cl)cc(Cl)c1)N1CCNCC1. The van der Waals surface area contributed by atoms with E-state index in [0.717, 1.165) is 13.1 Å². The Morgan fingerprint density at radius 1 is 1.22 bits per heavy atom. The molecule has 0 aliphatic carbocycles. The van der Waals surface area contributed by atoms with Crippen molar-refractivity contribution in [2.75, 3.05) is 26.2 Å². The van der Waals surface area contributed by atoms with Crippen molar-refractivity contribution < 1.29 is 9.90 Å². The Labute approximate surface area is 115 Å². The molecule has 0 aromatic heterocycles. The second kappa shape index (κ2) is 5.89. The number of nitrogens with one attached hydrogen (secondary N) is 1.